The van der Waals surface area contributed by atoms with E-state index in [1.54, 1.807) is 0 Å². The summed E-state index contributed by atoms with van der Waals surface area (Å²) in [5.41, 5.74) is 4.74. The summed E-state index contributed by atoms with van der Waals surface area (Å²) in [6, 6.07) is 7.86. The number of carbonyl (C=O) groups excluding carboxylic acids is 1. The maximum atomic E-state index is 13.7. The number of aromatic nitrogens is 2. The van der Waals surface area contributed by atoms with Crippen LogP contribution in [0.2, 0.25) is 0 Å². The molecule has 0 spiro atoms. The Morgan fingerprint density at radius 2 is 1.80 bits per heavy atom. The summed E-state index contributed by atoms with van der Waals surface area (Å²) in [5.74, 6) is 1.13. The van der Waals surface area contributed by atoms with Gasteiger partial charge in [0.05, 0.1) is 0 Å². The van der Waals surface area contributed by atoms with Gasteiger partial charge >= 0.3 is 0 Å². The summed E-state index contributed by atoms with van der Waals surface area (Å²) >= 11 is 0. The van der Waals surface area contributed by atoms with Gasteiger partial charge in [0.15, 0.2) is 11.5 Å². The molecule has 1 unspecified atom stereocenters. The van der Waals surface area contributed by atoms with E-state index in [2.05, 4.69) is 27.0 Å². The first-order chi connectivity index (χ1) is 21.2. The van der Waals surface area contributed by atoms with Crippen LogP contribution in [0.15, 0.2) is 35.3 Å². The first kappa shape index (κ1) is 30.1. The number of carbonyl (C=O) groups is 1. The lowest BCUT2D eigenvalue weighted by Crippen LogP contribution is -2.46. The molecule has 1 amide bonds. The highest BCUT2D eigenvalue weighted by Crippen LogP contribution is 2.52. The Morgan fingerprint density at radius 3 is 2.45 bits per heavy atom. The van der Waals surface area contributed by atoms with Crippen molar-refractivity contribution in [2.24, 2.45) is 5.92 Å². The van der Waals surface area contributed by atoms with Crippen LogP contribution in [0.25, 0.3) is 11.1 Å². The fourth-order valence-corrected chi connectivity index (χ4v) is 6.61. The lowest BCUT2D eigenvalue weighted by Gasteiger charge is -2.35. The number of hydrogen-bond donors (Lipinski definition) is 2. The van der Waals surface area contributed by atoms with Crippen molar-refractivity contribution in [2.45, 2.75) is 59.8 Å². The summed E-state index contributed by atoms with van der Waals surface area (Å²) in [4.78, 5) is 38.7. The molecule has 5 heterocycles. The number of likely N-dealkylation sites (N-methyl/N-ethyl adjacent to an activating group) is 1. The van der Waals surface area contributed by atoms with Gasteiger partial charge in [0.25, 0.3) is 17.3 Å². The van der Waals surface area contributed by atoms with Crippen LogP contribution in [-0.4, -0.2) is 72.5 Å². The fraction of sp³-hybridized carbons (Fsp3) is 0.500. The number of rotatable bonds is 7. The van der Waals surface area contributed by atoms with Gasteiger partial charge in [0.2, 0.25) is 0 Å². The number of nitrogens with one attached hydrogen (secondary N) is 2. The van der Waals surface area contributed by atoms with Crippen LogP contribution >= 0.6 is 0 Å². The van der Waals surface area contributed by atoms with Gasteiger partial charge in [-0.25, -0.2) is 4.98 Å². The molecule has 0 radical (unpaired) electrons. The predicted molar refractivity (Wildman–Crippen MR) is 170 cm³/mol. The van der Waals surface area contributed by atoms with E-state index in [1.807, 2.05) is 58.2 Å². The highest BCUT2D eigenvalue weighted by atomic mass is 16.7. The van der Waals surface area contributed by atoms with E-state index in [1.165, 1.54) is 0 Å². The van der Waals surface area contributed by atoms with Gasteiger partial charge in [0, 0.05) is 98.5 Å². The molecule has 1 atom stereocenters. The molecular formula is C34H43N5O5. The molecule has 3 aromatic rings. The minimum atomic E-state index is -0.876. The molecule has 0 bridgehead atoms. The molecular weight excluding hydrogens is 558 g/mol. The Hall–Kier alpha value is -3.89. The van der Waals surface area contributed by atoms with Crippen LogP contribution in [0.3, 0.4) is 0 Å². The SMILES string of the molecule is CCN1CCN(c2ccc(-c3cc(C(=O)NCc4c(C)cc(C)[nH]c4=O)c(C)c4c3OC(C)(C3CCOCC3)O4)cn2)CC1. The van der Waals surface area contributed by atoms with Crippen molar-refractivity contribution < 1.29 is 19.0 Å². The number of H-pyrrole nitrogens is 1. The Labute approximate surface area is 258 Å². The normalized spacial score (nSPS) is 20.6. The number of hydrogen-bond acceptors (Lipinski definition) is 8. The standard InChI is InChI=1S/C34H43N5O5/c1-6-38-11-13-39(14-12-38)29-8-7-24(19-35-29)27-18-26(32(40)36-20-28-21(2)17-22(3)37-33(28)41)23(4)30-31(27)44-34(5,43-30)25-9-15-42-16-10-25/h7-8,17-19,25H,6,9-16,20H2,1-5H3,(H,36,40)(H,37,41). The van der Waals surface area contributed by atoms with Gasteiger partial charge in [-0.1, -0.05) is 6.92 Å². The maximum Gasteiger partial charge on any atom is 0.253 e. The van der Waals surface area contributed by atoms with Crippen molar-refractivity contribution in [3.63, 3.8) is 0 Å². The zero-order valence-corrected chi connectivity index (χ0v) is 26.4. The number of nitrogens with zero attached hydrogens (tertiary/aromatic N) is 3. The van der Waals surface area contributed by atoms with Gasteiger partial charge in [-0.3, -0.25) is 9.59 Å². The van der Waals surface area contributed by atoms with Crippen molar-refractivity contribution in [3.8, 4) is 22.6 Å². The quantitative estimate of drug-likeness (QED) is 0.412. The highest BCUT2D eigenvalue weighted by Gasteiger charge is 2.47. The minimum Gasteiger partial charge on any atom is -0.448 e. The molecule has 2 N–H and O–H groups in total. The molecule has 10 nitrogen and oxygen atoms in total. The summed E-state index contributed by atoms with van der Waals surface area (Å²) in [7, 11) is 0. The molecule has 6 rings (SSSR count). The van der Waals surface area contributed by atoms with E-state index in [4.69, 9.17) is 19.2 Å². The number of amides is 1. The largest absolute Gasteiger partial charge is 0.448 e. The molecule has 10 heteroatoms. The number of benzene rings is 1. The van der Waals surface area contributed by atoms with Gasteiger partial charge in [-0.05, 0) is 70.0 Å². The molecule has 1 aromatic carbocycles. The number of anilines is 1. The fourth-order valence-electron chi connectivity index (χ4n) is 6.61. The highest BCUT2D eigenvalue weighted by molar-refractivity contribution is 5.99. The third-order valence-corrected chi connectivity index (χ3v) is 9.42. The summed E-state index contributed by atoms with van der Waals surface area (Å²) in [5, 5.41) is 2.97. The number of fused-ring (bicyclic) bond motifs is 1. The lowest BCUT2D eigenvalue weighted by atomic mass is 9.92. The Morgan fingerprint density at radius 1 is 1.07 bits per heavy atom. The van der Waals surface area contributed by atoms with Crippen molar-refractivity contribution in [1.29, 1.82) is 0 Å². The Balaban J connectivity index is 1.33. The molecule has 3 aliphatic rings. The molecule has 44 heavy (non-hydrogen) atoms. The molecule has 234 valence electrons. The second-order valence-electron chi connectivity index (χ2n) is 12.3. The zero-order valence-electron chi connectivity index (χ0n) is 26.4. The van der Waals surface area contributed by atoms with Crippen LogP contribution < -0.4 is 25.2 Å². The number of aromatic amines is 1. The third kappa shape index (κ3) is 5.80. The lowest BCUT2D eigenvalue weighted by molar-refractivity contribution is -0.136. The molecule has 0 saturated carbocycles. The second-order valence-corrected chi connectivity index (χ2v) is 12.3. The van der Waals surface area contributed by atoms with E-state index in [-0.39, 0.29) is 23.9 Å². The van der Waals surface area contributed by atoms with Crippen molar-refractivity contribution in [2.75, 3.05) is 50.8 Å². The van der Waals surface area contributed by atoms with Crippen molar-refractivity contribution >= 4 is 11.7 Å². The summed E-state index contributed by atoms with van der Waals surface area (Å²) < 4.78 is 18.9. The smallest absolute Gasteiger partial charge is 0.253 e. The topological polar surface area (TPSA) is 109 Å². The molecule has 0 aliphatic carbocycles. The van der Waals surface area contributed by atoms with Crippen LogP contribution in [0.5, 0.6) is 11.5 Å². The number of ether oxygens (including phenoxy) is 3. The van der Waals surface area contributed by atoms with Crippen molar-refractivity contribution in [1.82, 2.24) is 20.2 Å². The van der Waals surface area contributed by atoms with E-state index in [9.17, 15) is 9.59 Å². The van der Waals surface area contributed by atoms with E-state index >= 15 is 0 Å². The molecule has 2 aromatic heterocycles. The predicted octanol–water partition coefficient (Wildman–Crippen LogP) is 4.35. The monoisotopic (exact) mass is 601 g/mol. The molecule has 2 fully saturated rings. The zero-order chi connectivity index (χ0) is 31.0. The van der Waals surface area contributed by atoms with Crippen LogP contribution in [0, 0.1) is 26.7 Å². The number of pyridine rings is 2. The Kier molecular flexibility index (Phi) is 8.39. The summed E-state index contributed by atoms with van der Waals surface area (Å²) in [6.07, 6.45) is 3.52. The maximum absolute atomic E-state index is 13.7. The van der Waals surface area contributed by atoms with Crippen LogP contribution in [0.4, 0.5) is 5.82 Å². The van der Waals surface area contributed by atoms with E-state index < -0.39 is 5.79 Å². The second kappa shape index (κ2) is 12.2. The van der Waals surface area contributed by atoms with Gasteiger partial charge in [-0.15, -0.1) is 0 Å². The van der Waals surface area contributed by atoms with Gasteiger partial charge in [-0.2, -0.15) is 0 Å². The molecule has 2 saturated heterocycles. The average molecular weight is 602 g/mol. The number of piperazine rings is 1. The van der Waals surface area contributed by atoms with E-state index in [0.717, 1.165) is 73.8 Å². The first-order valence-corrected chi connectivity index (χ1v) is 15.7. The van der Waals surface area contributed by atoms with Crippen molar-refractivity contribution in [3.05, 3.63) is 68.8 Å². The molecule has 3 aliphatic heterocycles. The number of aryl methyl sites for hydroxylation is 2. The summed E-state index contributed by atoms with van der Waals surface area (Å²) in [6.45, 7) is 16.2. The Bertz CT molecular complexity index is 1590. The first-order valence-electron chi connectivity index (χ1n) is 15.7. The van der Waals surface area contributed by atoms with Gasteiger partial charge < -0.3 is 34.3 Å². The van der Waals surface area contributed by atoms with Gasteiger partial charge in [0.1, 0.15) is 5.82 Å². The van der Waals surface area contributed by atoms with Crippen LogP contribution in [0.1, 0.15) is 59.4 Å². The third-order valence-electron chi connectivity index (χ3n) is 9.42. The van der Waals surface area contributed by atoms with E-state index in [0.29, 0.717) is 41.4 Å². The minimum absolute atomic E-state index is 0.116. The van der Waals surface area contributed by atoms with Crippen LogP contribution in [-0.2, 0) is 11.3 Å². The average Bonchev–Trinajstić information content (AvgIpc) is 3.40.